The van der Waals surface area contributed by atoms with Gasteiger partial charge in [-0.05, 0) is 43.4 Å². The fourth-order valence-electron chi connectivity index (χ4n) is 4.49. The maximum absolute atomic E-state index is 14.7. The van der Waals surface area contributed by atoms with E-state index in [9.17, 15) is 4.39 Å². The smallest absolute Gasteiger partial charge is 0.129 e. The minimum Gasteiger partial charge on any atom is -0.357 e. The minimum atomic E-state index is -0.0983. The van der Waals surface area contributed by atoms with Gasteiger partial charge in [0.25, 0.3) is 0 Å². The number of hydrogen-bond acceptors (Lipinski definition) is 3. The summed E-state index contributed by atoms with van der Waals surface area (Å²) in [4.78, 5) is 11.2. The average Bonchev–Trinajstić information content (AvgIpc) is 3.24. The van der Waals surface area contributed by atoms with Crippen LogP contribution in [-0.4, -0.2) is 27.6 Å². The Kier molecular flexibility index (Phi) is 3.55. The van der Waals surface area contributed by atoms with E-state index in [1.54, 1.807) is 12.1 Å². The van der Waals surface area contributed by atoms with Crippen LogP contribution in [0.5, 0.6) is 0 Å². The Balaban J connectivity index is 1.41. The van der Waals surface area contributed by atoms with Crippen molar-refractivity contribution in [2.45, 2.75) is 25.8 Å². The summed E-state index contributed by atoms with van der Waals surface area (Å²) in [5, 5.41) is 0. The van der Waals surface area contributed by atoms with Gasteiger partial charge in [0, 0.05) is 30.4 Å². The summed E-state index contributed by atoms with van der Waals surface area (Å²) < 4.78 is 16.8. The van der Waals surface area contributed by atoms with Gasteiger partial charge in [-0.2, -0.15) is 0 Å². The van der Waals surface area contributed by atoms with Crippen LogP contribution in [0.3, 0.4) is 0 Å². The highest BCUT2D eigenvalue weighted by atomic mass is 19.1. The standard InChI is InChI=1S/C21H21FN4/c1-14-5-6-19(24-11-14)25-9-7-15(8-10-25)21-20-16(3-2-4-17(20)22)18-12-23-13-26(18)21/h2-6,11-13,15,21H,7-10H2,1H3. The molecule has 5 rings (SSSR count). The Morgan fingerprint density at radius 2 is 1.92 bits per heavy atom. The molecular weight excluding hydrogens is 327 g/mol. The molecule has 0 radical (unpaired) electrons. The molecule has 2 aliphatic heterocycles. The summed E-state index contributed by atoms with van der Waals surface area (Å²) in [6.45, 7) is 3.95. The molecule has 1 unspecified atom stereocenters. The van der Waals surface area contributed by atoms with E-state index in [1.165, 1.54) is 5.56 Å². The summed E-state index contributed by atoms with van der Waals surface area (Å²) in [5.74, 6) is 1.34. The molecule has 1 fully saturated rings. The molecule has 0 bridgehead atoms. The van der Waals surface area contributed by atoms with Gasteiger partial charge in [0.1, 0.15) is 11.6 Å². The number of hydrogen-bond donors (Lipinski definition) is 0. The zero-order valence-corrected chi connectivity index (χ0v) is 14.8. The lowest BCUT2D eigenvalue weighted by Crippen LogP contribution is -2.37. The van der Waals surface area contributed by atoms with Crippen molar-refractivity contribution in [3.63, 3.8) is 0 Å². The Labute approximate surface area is 152 Å². The monoisotopic (exact) mass is 348 g/mol. The van der Waals surface area contributed by atoms with Crippen molar-refractivity contribution in [1.82, 2.24) is 14.5 Å². The highest BCUT2D eigenvalue weighted by Gasteiger charge is 2.38. The van der Waals surface area contributed by atoms with Crippen molar-refractivity contribution in [2.75, 3.05) is 18.0 Å². The molecule has 4 nitrogen and oxygen atoms in total. The lowest BCUT2D eigenvalue weighted by atomic mass is 9.85. The molecule has 0 aliphatic carbocycles. The van der Waals surface area contributed by atoms with Crippen molar-refractivity contribution in [2.24, 2.45) is 5.92 Å². The summed E-state index contributed by atoms with van der Waals surface area (Å²) in [5.41, 5.74) is 4.05. The Hall–Kier alpha value is -2.69. The molecule has 132 valence electrons. The number of pyridine rings is 1. The number of imidazole rings is 1. The van der Waals surface area contributed by atoms with Gasteiger partial charge in [0.15, 0.2) is 0 Å². The van der Waals surface area contributed by atoms with Crippen molar-refractivity contribution >= 4 is 5.82 Å². The molecule has 0 spiro atoms. The molecule has 4 heterocycles. The van der Waals surface area contributed by atoms with E-state index in [-0.39, 0.29) is 11.9 Å². The van der Waals surface area contributed by atoms with Crippen LogP contribution in [0.1, 0.15) is 30.0 Å². The molecule has 2 aliphatic rings. The number of fused-ring (bicyclic) bond motifs is 3. The molecular formula is C21H21FN4. The molecule has 0 amide bonds. The summed E-state index contributed by atoms with van der Waals surface area (Å²) in [6.07, 6.45) is 7.66. The maximum atomic E-state index is 14.7. The number of anilines is 1. The molecule has 1 saturated heterocycles. The molecule has 26 heavy (non-hydrogen) atoms. The van der Waals surface area contributed by atoms with Gasteiger partial charge in [-0.15, -0.1) is 0 Å². The first-order valence-corrected chi connectivity index (χ1v) is 9.20. The minimum absolute atomic E-state index is 0.0526. The third kappa shape index (κ3) is 2.34. The molecule has 1 atom stereocenters. The fraction of sp³-hybridized carbons (Fsp3) is 0.333. The maximum Gasteiger partial charge on any atom is 0.129 e. The number of halogens is 1. The van der Waals surface area contributed by atoms with Crippen molar-refractivity contribution < 1.29 is 4.39 Å². The van der Waals surface area contributed by atoms with E-state index >= 15 is 0 Å². The predicted molar refractivity (Wildman–Crippen MR) is 99.7 cm³/mol. The number of nitrogens with zero attached hydrogens (tertiary/aromatic N) is 4. The highest BCUT2D eigenvalue weighted by Crippen LogP contribution is 2.46. The van der Waals surface area contributed by atoms with Crippen LogP contribution in [0.2, 0.25) is 0 Å². The van der Waals surface area contributed by atoms with Gasteiger partial charge in [0.2, 0.25) is 0 Å². The zero-order valence-electron chi connectivity index (χ0n) is 14.8. The number of piperidine rings is 1. The number of benzene rings is 1. The van der Waals surface area contributed by atoms with E-state index < -0.39 is 0 Å². The predicted octanol–water partition coefficient (Wildman–Crippen LogP) is 4.21. The van der Waals surface area contributed by atoms with Crippen LogP contribution < -0.4 is 4.90 Å². The van der Waals surface area contributed by atoms with Gasteiger partial charge in [-0.25, -0.2) is 14.4 Å². The fourth-order valence-corrected chi connectivity index (χ4v) is 4.49. The lowest BCUT2D eigenvalue weighted by molar-refractivity contribution is 0.311. The van der Waals surface area contributed by atoms with E-state index in [2.05, 4.69) is 38.5 Å². The van der Waals surface area contributed by atoms with Crippen molar-refractivity contribution in [1.29, 1.82) is 0 Å². The molecule has 0 saturated carbocycles. The zero-order chi connectivity index (χ0) is 17.7. The topological polar surface area (TPSA) is 34.0 Å². The summed E-state index contributed by atoms with van der Waals surface area (Å²) in [6, 6.07) is 9.63. The molecule has 5 heteroatoms. The van der Waals surface area contributed by atoms with Crippen molar-refractivity contribution in [3.8, 4) is 11.3 Å². The average molecular weight is 348 g/mol. The highest BCUT2D eigenvalue weighted by molar-refractivity contribution is 5.69. The molecule has 1 aromatic carbocycles. The van der Waals surface area contributed by atoms with Gasteiger partial charge >= 0.3 is 0 Å². The SMILES string of the molecule is Cc1ccc(N2CCC(C3c4c(F)cccc4-c4cncn43)CC2)nc1. The number of rotatable bonds is 2. The largest absolute Gasteiger partial charge is 0.357 e. The van der Waals surface area contributed by atoms with Crippen LogP contribution in [0.4, 0.5) is 10.2 Å². The second-order valence-electron chi connectivity index (χ2n) is 7.35. The second-order valence-corrected chi connectivity index (χ2v) is 7.35. The number of aromatic nitrogens is 3. The van der Waals surface area contributed by atoms with Crippen LogP contribution in [-0.2, 0) is 0 Å². The van der Waals surface area contributed by atoms with Crippen LogP contribution in [0, 0.1) is 18.7 Å². The normalized spacial score (nSPS) is 19.5. The van der Waals surface area contributed by atoms with Crippen LogP contribution in [0.25, 0.3) is 11.3 Å². The third-order valence-corrected chi connectivity index (χ3v) is 5.80. The van der Waals surface area contributed by atoms with E-state index in [4.69, 9.17) is 0 Å². The van der Waals surface area contributed by atoms with Crippen molar-refractivity contribution in [3.05, 3.63) is 66.0 Å². The molecule has 2 aromatic heterocycles. The number of aryl methyl sites for hydroxylation is 1. The molecule has 3 aromatic rings. The summed E-state index contributed by atoms with van der Waals surface area (Å²) in [7, 11) is 0. The Morgan fingerprint density at radius 1 is 1.08 bits per heavy atom. The van der Waals surface area contributed by atoms with Crippen LogP contribution >= 0.6 is 0 Å². The van der Waals surface area contributed by atoms with E-state index in [1.807, 2.05) is 24.8 Å². The lowest BCUT2D eigenvalue weighted by Gasteiger charge is -2.36. The van der Waals surface area contributed by atoms with Gasteiger partial charge in [0.05, 0.1) is 24.3 Å². The van der Waals surface area contributed by atoms with E-state index in [0.717, 1.165) is 48.6 Å². The Morgan fingerprint density at radius 3 is 2.69 bits per heavy atom. The first-order chi connectivity index (χ1) is 12.7. The Bertz CT molecular complexity index is 939. The molecule has 0 N–H and O–H groups in total. The third-order valence-electron chi connectivity index (χ3n) is 5.80. The summed E-state index contributed by atoms with van der Waals surface area (Å²) >= 11 is 0. The van der Waals surface area contributed by atoms with Crippen LogP contribution in [0.15, 0.2) is 49.1 Å². The van der Waals surface area contributed by atoms with Gasteiger partial charge in [-0.3, -0.25) is 0 Å². The van der Waals surface area contributed by atoms with Gasteiger partial charge < -0.3 is 9.47 Å². The van der Waals surface area contributed by atoms with E-state index in [0.29, 0.717) is 5.92 Å². The first kappa shape index (κ1) is 15.6. The second kappa shape index (κ2) is 5.94. The quantitative estimate of drug-likeness (QED) is 0.696. The van der Waals surface area contributed by atoms with Gasteiger partial charge in [-0.1, -0.05) is 18.2 Å². The first-order valence-electron chi connectivity index (χ1n) is 9.20.